The highest BCUT2D eigenvalue weighted by molar-refractivity contribution is 9.10. The summed E-state index contributed by atoms with van der Waals surface area (Å²) in [5.74, 6) is 0.0569. The van der Waals surface area contributed by atoms with Gasteiger partial charge in [-0.15, -0.1) is 0 Å². The van der Waals surface area contributed by atoms with Crippen LogP contribution in [0.15, 0.2) is 35.1 Å². The van der Waals surface area contributed by atoms with E-state index in [0.29, 0.717) is 0 Å². The van der Waals surface area contributed by atoms with Crippen molar-refractivity contribution in [3.63, 3.8) is 0 Å². The zero-order valence-electron chi connectivity index (χ0n) is 10.7. The predicted molar refractivity (Wildman–Crippen MR) is 71.8 cm³/mol. The fourth-order valence-electron chi connectivity index (χ4n) is 1.77. The fourth-order valence-corrected chi connectivity index (χ4v) is 2.24. The average Bonchev–Trinajstić information content (AvgIpc) is 2.45. The number of aromatic nitrogens is 2. The van der Waals surface area contributed by atoms with Crippen LogP contribution in [-0.4, -0.2) is 22.2 Å². The molecule has 2 aromatic rings. The van der Waals surface area contributed by atoms with Gasteiger partial charge in [-0.1, -0.05) is 22.0 Å². The molecular weight excluding hydrogens is 353 g/mol. The van der Waals surface area contributed by atoms with Crippen molar-refractivity contribution < 1.29 is 23.0 Å². The van der Waals surface area contributed by atoms with Gasteiger partial charge in [0.25, 0.3) is 0 Å². The Morgan fingerprint density at radius 2 is 1.90 bits per heavy atom. The second-order valence-electron chi connectivity index (χ2n) is 4.09. The molecule has 0 bridgehead atoms. The second-order valence-corrected chi connectivity index (χ2v) is 4.94. The van der Waals surface area contributed by atoms with Crippen LogP contribution in [0.2, 0.25) is 0 Å². The van der Waals surface area contributed by atoms with E-state index in [4.69, 9.17) is 4.74 Å². The molecule has 1 N–H and O–H groups in total. The minimum atomic E-state index is -4.53. The molecule has 2 rings (SSSR count). The summed E-state index contributed by atoms with van der Waals surface area (Å²) in [5, 5.41) is 10.2. The Balaban J connectivity index is 2.47. The second kappa shape index (κ2) is 5.98. The van der Waals surface area contributed by atoms with Gasteiger partial charge >= 0.3 is 6.18 Å². The first-order chi connectivity index (χ1) is 9.84. The molecule has 1 aromatic carbocycles. The van der Waals surface area contributed by atoms with E-state index in [2.05, 4.69) is 25.9 Å². The average molecular weight is 363 g/mol. The van der Waals surface area contributed by atoms with Crippen molar-refractivity contribution in [2.45, 2.75) is 12.3 Å². The van der Waals surface area contributed by atoms with Crippen LogP contribution < -0.4 is 4.74 Å². The van der Waals surface area contributed by atoms with Crippen molar-refractivity contribution in [1.82, 2.24) is 9.97 Å². The number of aliphatic hydroxyl groups excluding tert-OH is 1. The Morgan fingerprint density at radius 3 is 2.52 bits per heavy atom. The van der Waals surface area contributed by atoms with Crippen LogP contribution in [0, 0.1) is 0 Å². The molecule has 1 atom stereocenters. The van der Waals surface area contributed by atoms with Gasteiger partial charge in [-0.05, 0) is 17.7 Å². The summed E-state index contributed by atoms with van der Waals surface area (Å²) in [5.41, 5.74) is -0.776. The molecule has 1 unspecified atom stereocenters. The largest absolute Gasteiger partial charge is 0.480 e. The zero-order chi connectivity index (χ0) is 15.6. The Morgan fingerprint density at radius 1 is 1.24 bits per heavy atom. The van der Waals surface area contributed by atoms with Gasteiger partial charge in [0.2, 0.25) is 5.88 Å². The highest BCUT2D eigenvalue weighted by Crippen LogP contribution is 2.37. The molecule has 0 saturated heterocycles. The number of hydrogen-bond acceptors (Lipinski definition) is 4. The molecular formula is C13H10BrF3N2O2. The molecule has 0 radical (unpaired) electrons. The van der Waals surface area contributed by atoms with Crippen LogP contribution in [0.3, 0.4) is 0 Å². The van der Waals surface area contributed by atoms with E-state index >= 15 is 0 Å². The van der Waals surface area contributed by atoms with Crippen molar-refractivity contribution in [3.8, 4) is 5.88 Å². The quantitative estimate of drug-likeness (QED) is 0.909. The monoisotopic (exact) mass is 362 g/mol. The van der Waals surface area contributed by atoms with Gasteiger partial charge in [-0.3, -0.25) is 4.98 Å². The van der Waals surface area contributed by atoms with Gasteiger partial charge in [0.1, 0.15) is 11.8 Å². The number of benzene rings is 1. The van der Waals surface area contributed by atoms with E-state index in [9.17, 15) is 18.3 Å². The molecule has 8 heteroatoms. The van der Waals surface area contributed by atoms with E-state index in [0.717, 1.165) is 6.07 Å². The molecule has 0 amide bonds. The number of hydrogen-bond donors (Lipinski definition) is 1. The molecule has 1 aromatic heterocycles. The van der Waals surface area contributed by atoms with Crippen LogP contribution in [0.25, 0.3) is 0 Å². The Bertz CT molecular complexity index is 650. The lowest BCUT2D eigenvalue weighted by atomic mass is 10.0. The number of nitrogens with zero attached hydrogens (tertiary/aromatic N) is 2. The third kappa shape index (κ3) is 3.33. The Hall–Kier alpha value is -1.67. The Kier molecular flexibility index (Phi) is 4.48. The maximum Gasteiger partial charge on any atom is 0.417 e. The summed E-state index contributed by atoms with van der Waals surface area (Å²) in [6.07, 6.45) is -3.22. The molecule has 0 spiro atoms. The zero-order valence-corrected chi connectivity index (χ0v) is 12.3. The highest BCUT2D eigenvalue weighted by atomic mass is 79.9. The first-order valence-electron chi connectivity index (χ1n) is 5.74. The lowest BCUT2D eigenvalue weighted by Crippen LogP contribution is -2.10. The van der Waals surface area contributed by atoms with Gasteiger partial charge in [-0.2, -0.15) is 13.2 Å². The van der Waals surface area contributed by atoms with Crippen LogP contribution in [0.1, 0.15) is 22.9 Å². The molecule has 21 heavy (non-hydrogen) atoms. The van der Waals surface area contributed by atoms with Gasteiger partial charge in [0, 0.05) is 16.9 Å². The van der Waals surface area contributed by atoms with Crippen molar-refractivity contribution >= 4 is 15.9 Å². The van der Waals surface area contributed by atoms with E-state index < -0.39 is 17.8 Å². The third-order valence-electron chi connectivity index (χ3n) is 2.76. The van der Waals surface area contributed by atoms with Gasteiger partial charge in [-0.25, -0.2) is 4.98 Å². The number of rotatable bonds is 3. The lowest BCUT2D eigenvalue weighted by molar-refractivity contribution is -0.138. The lowest BCUT2D eigenvalue weighted by Gasteiger charge is -2.16. The first kappa shape index (κ1) is 15.7. The molecule has 112 valence electrons. The predicted octanol–water partition coefficient (Wildman–Crippen LogP) is 3.35. The van der Waals surface area contributed by atoms with Crippen molar-refractivity contribution in [2.24, 2.45) is 0 Å². The van der Waals surface area contributed by atoms with Crippen LogP contribution in [0.5, 0.6) is 5.88 Å². The topological polar surface area (TPSA) is 55.2 Å². The summed E-state index contributed by atoms with van der Waals surface area (Å²) in [6.45, 7) is 0. The third-order valence-corrected chi connectivity index (χ3v) is 3.45. The smallest absolute Gasteiger partial charge is 0.417 e. The molecule has 0 aliphatic rings. The van der Waals surface area contributed by atoms with E-state index in [1.807, 2.05) is 0 Å². The molecule has 0 aliphatic heterocycles. The summed E-state index contributed by atoms with van der Waals surface area (Å²) in [4.78, 5) is 7.77. The van der Waals surface area contributed by atoms with Gasteiger partial charge < -0.3 is 9.84 Å². The molecule has 0 fully saturated rings. The van der Waals surface area contributed by atoms with Crippen molar-refractivity contribution in [3.05, 3.63) is 51.9 Å². The molecule has 0 saturated carbocycles. The van der Waals surface area contributed by atoms with Crippen molar-refractivity contribution in [2.75, 3.05) is 7.11 Å². The number of methoxy groups -OCH3 is 1. The first-order valence-corrected chi connectivity index (χ1v) is 6.53. The van der Waals surface area contributed by atoms with Crippen LogP contribution in [0.4, 0.5) is 13.2 Å². The number of aliphatic hydroxyl groups is 1. The van der Waals surface area contributed by atoms with Crippen LogP contribution in [-0.2, 0) is 6.18 Å². The standard InChI is InChI=1S/C13H10BrF3N2O2/c1-21-12-10(18-4-5-19-12)11(20)7-2-3-9(14)8(6-7)13(15,16)17/h2-6,11,20H,1H3. The molecule has 1 heterocycles. The number of ether oxygens (including phenoxy) is 1. The van der Waals surface area contributed by atoms with Crippen LogP contribution >= 0.6 is 15.9 Å². The fraction of sp³-hybridized carbons (Fsp3) is 0.231. The summed E-state index contributed by atoms with van der Waals surface area (Å²) >= 11 is 2.85. The highest BCUT2D eigenvalue weighted by Gasteiger charge is 2.34. The van der Waals surface area contributed by atoms with Gasteiger partial charge in [0.15, 0.2) is 0 Å². The maximum atomic E-state index is 12.9. The van der Waals surface area contributed by atoms with Crippen molar-refractivity contribution in [1.29, 1.82) is 0 Å². The minimum absolute atomic E-state index is 0.0457. The molecule has 4 nitrogen and oxygen atoms in total. The summed E-state index contributed by atoms with van der Waals surface area (Å²) in [6, 6.07) is 3.46. The number of halogens is 4. The number of alkyl halides is 3. The maximum absolute atomic E-state index is 12.9. The SMILES string of the molecule is COc1nccnc1C(O)c1ccc(Br)c(C(F)(F)F)c1. The van der Waals surface area contributed by atoms with E-state index in [-0.39, 0.29) is 21.6 Å². The summed E-state index contributed by atoms with van der Waals surface area (Å²) in [7, 11) is 1.34. The summed E-state index contributed by atoms with van der Waals surface area (Å²) < 4.78 is 43.5. The molecule has 0 aliphatic carbocycles. The van der Waals surface area contributed by atoms with E-state index in [1.165, 1.54) is 31.6 Å². The van der Waals surface area contributed by atoms with Gasteiger partial charge in [0.05, 0.1) is 12.7 Å². The normalized spacial score (nSPS) is 13.0. The minimum Gasteiger partial charge on any atom is -0.480 e. The Labute approximate surface area is 126 Å². The van der Waals surface area contributed by atoms with E-state index in [1.54, 1.807) is 0 Å².